The molecule has 1 aromatic rings. The van der Waals surface area contributed by atoms with E-state index in [2.05, 4.69) is 15.4 Å². The Balaban J connectivity index is 1.80. The van der Waals surface area contributed by atoms with E-state index in [0.717, 1.165) is 44.0 Å². The minimum Gasteiger partial charge on any atom is -0.396 e. The van der Waals surface area contributed by atoms with Gasteiger partial charge in [0.2, 0.25) is 0 Å². The lowest BCUT2D eigenvalue weighted by Gasteiger charge is -2.19. The maximum atomic E-state index is 9.16. The number of nitrogens with zero attached hydrogens (tertiary/aromatic N) is 3. The number of hydrogen-bond donors (Lipinski definition) is 2. The molecular formula is C11H18N4O. The predicted octanol–water partition coefficient (Wildman–Crippen LogP) is 0.257. The van der Waals surface area contributed by atoms with Crippen LogP contribution in [0.15, 0.2) is 0 Å². The molecule has 2 aliphatic rings. The summed E-state index contributed by atoms with van der Waals surface area (Å²) in [5.74, 6) is 2.40. The molecule has 5 nitrogen and oxygen atoms in total. The Morgan fingerprint density at radius 2 is 2.38 bits per heavy atom. The fourth-order valence-electron chi connectivity index (χ4n) is 2.60. The Morgan fingerprint density at radius 3 is 3.12 bits per heavy atom. The van der Waals surface area contributed by atoms with E-state index in [1.165, 1.54) is 6.42 Å². The molecule has 2 N–H and O–H groups in total. The molecule has 3 heterocycles. The average molecular weight is 222 g/mol. The smallest absolute Gasteiger partial charge is 0.167 e. The molecule has 3 rings (SSSR count). The van der Waals surface area contributed by atoms with Crippen molar-refractivity contribution in [3.8, 4) is 0 Å². The zero-order chi connectivity index (χ0) is 11.0. The van der Waals surface area contributed by atoms with Crippen molar-refractivity contribution in [2.24, 2.45) is 5.92 Å². The van der Waals surface area contributed by atoms with Gasteiger partial charge in [-0.25, -0.2) is 9.67 Å². The van der Waals surface area contributed by atoms with Crippen LogP contribution in [0.25, 0.3) is 0 Å². The number of aromatic nitrogens is 3. The highest BCUT2D eigenvalue weighted by molar-refractivity contribution is 5.02. The zero-order valence-electron chi connectivity index (χ0n) is 9.39. The molecule has 0 spiro atoms. The number of aliphatic hydroxyl groups excluding tert-OH is 1. The van der Waals surface area contributed by atoms with Gasteiger partial charge < -0.3 is 10.4 Å². The summed E-state index contributed by atoms with van der Waals surface area (Å²) >= 11 is 0. The van der Waals surface area contributed by atoms with E-state index >= 15 is 0 Å². The third-order valence-corrected chi connectivity index (χ3v) is 3.60. The highest BCUT2D eigenvalue weighted by atomic mass is 16.3. The van der Waals surface area contributed by atoms with Crippen molar-refractivity contribution in [3.05, 3.63) is 11.6 Å². The Kier molecular flexibility index (Phi) is 2.65. The monoisotopic (exact) mass is 222 g/mol. The van der Waals surface area contributed by atoms with Gasteiger partial charge in [-0.05, 0) is 25.8 Å². The van der Waals surface area contributed by atoms with Gasteiger partial charge in [-0.15, -0.1) is 0 Å². The number of fused-ring (bicyclic) bond motifs is 1. The van der Waals surface area contributed by atoms with Crippen LogP contribution in [0.5, 0.6) is 0 Å². The molecule has 0 radical (unpaired) electrons. The minimum atomic E-state index is 0.260. The summed E-state index contributed by atoms with van der Waals surface area (Å²) in [6.07, 6.45) is 4.35. The van der Waals surface area contributed by atoms with Crippen molar-refractivity contribution < 1.29 is 5.11 Å². The van der Waals surface area contributed by atoms with E-state index in [1.54, 1.807) is 0 Å². The van der Waals surface area contributed by atoms with Gasteiger partial charge in [0.1, 0.15) is 5.82 Å². The van der Waals surface area contributed by atoms with Gasteiger partial charge in [0, 0.05) is 25.5 Å². The van der Waals surface area contributed by atoms with Crippen LogP contribution in [-0.4, -0.2) is 33.0 Å². The Hall–Kier alpha value is -0.940. The SMILES string of the molecule is OCC1CCc2nc(C3CCCN3)nn2C1. The predicted molar refractivity (Wildman–Crippen MR) is 58.9 cm³/mol. The van der Waals surface area contributed by atoms with Gasteiger partial charge >= 0.3 is 0 Å². The topological polar surface area (TPSA) is 63.0 Å². The van der Waals surface area contributed by atoms with E-state index in [4.69, 9.17) is 5.11 Å². The number of rotatable bonds is 2. The summed E-state index contributed by atoms with van der Waals surface area (Å²) < 4.78 is 1.99. The second-order valence-corrected chi connectivity index (χ2v) is 4.80. The van der Waals surface area contributed by atoms with Crippen LogP contribution in [0.1, 0.15) is 37.0 Å². The van der Waals surface area contributed by atoms with Crippen molar-refractivity contribution in [2.45, 2.75) is 38.3 Å². The molecule has 2 aliphatic heterocycles. The average Bonchev–Trinajstić information content (AvgIpc) is 2.96. The van der Waals surface area contributed by atoms with Crippen molar-refractivity contribution >= 4 is 0 Å². The highest BCUT2D eigenvalue weighted by Crippen LogP contribution is 2.23. The van der Waals surface area contributed by atoms with Crippen LogP contribution >= 0.6 is 0 Å². The van der Waals surface area contributed by atoms with E-state index in [-0.39, 0.29) is 6.61 Å². The van der Waals surface area contributed by atoms with Gasteiger partial charge in [0.25, 0.3) is 0 Å². The van der Waals surface area contributed by atoms with Crippen molar-refractivity contribution in [1.29, 1.82) is 0 Å². The molecule has 16 heavy (non-hydrogen) atoms. The van der Waals surface area contributed by atoms with Gasteiger partial charge in [0.05, 0.1) is 6.04 Å². The summed E-state index contributed by atoms with van der Waals surface area (Å²) in [6.45, 7) is 2.16. The molecule has 2 atom stereocenters. The third-order valence-electron chi connectivity index (χ3n) is 3.60. The first-order valence-corrected chi connectivity index (χ1v) is 6.14. The maximum absolute atomic E-state index is 9.16. The van der Waals surface area contributed by atoms with Crippen molar-refractivity contribution in [1.82, 2.24) is 20.1 Å². The zero-order valence-corrected chi connectivity index (χ0v) is 9.39. The summed E-state index contributed by atoms with van der Waals surface area (Å²) in [4.78, 5) is 4.61. The van der Waals surface area contributed by atoms with E-state index < -0.39 is 0 Å². The first-order chi connectivity index (χ1) is 7.86. The van der Waals surface area contributed by atoms with E-state index in [9.17, 15) is 0 Å². The largest absolute Gasteiger partial charge is 0.396 e. The number of aliphatic hydroxyl groups is 1. The fourth-order valence-corrected chi connectivity index (χ4v) is 2.60. The lowest BCUT2D eigenvalue weighted by atomic mass is 10.0. The maximum Gasteiger partial charge on any atom is 0.167 e. The second-order valence-electron chi connectivity index (χ2n) is 4.80. The van der Waals surface area contributed by atoms with Crippen LogP contribution in [-0.2, 0) is 13.0 Å². The molecule has 2 unspecified atom stereocenters. The van der Waals surface area contributed by atoms with Gasteiger partial charge in [0.15, 0.2) is 5.82 Å². The molecule has 88 valence electrons. The molecule has 0 bridgehead atoms. The number of nitrogens with one attached hydrogen (secondary N) is 1. The fraction of sp³-hybridized carbons (Fsp3) is 0.818. The lowest BCUT2D eigenvalue weighted by molar-refractivity contribution is 0.185. The number of hydrogen-bond acceptors (Lipinski definition) is 4. The van der Waals surface area contributed by atoms with Crippen LogP contribution in [0.3, 0.4) is 0 Å². The van der Waals surface area contributed by atoms with Crippen LogP contribution in [0, 0.1) is 5.92 Å². The van der Waals surface area contributed by atoms with Gasteiger partial charge in [-0.3, -0.25) is 0 Å². The summed E-state index contributed by atoms with van der Waals surface area (Å²) in [7, 11) is 0. The molecule has 0 saturated carbocycles. The minimum absolute atomic E-state index is 0.260. The van der Waals surface area contributed by atoms with Crippen molar-refractivity contribution in [3.63, 3.8) is 0 Å². The van der Waals surface area contributed by atoms with Crippen LogP contribution < -0.4 is 5.32 Å². The lowest BCUT2D eigenvalue weighted by Crippen LogP contribution is -2.23. The van der Waals surface area contributed by atoms with Gasteiger partial charge in [-0.2, -0.15) is 5.10 Å². The molecule has 0 aliphatic carbocycles. The van der Waals surface area contributed by atoms with E-state index in [1.807, 2.05) is 4.68 Å². The van der Waals surface area contributed by atoms with Crippen LogP contribution in [0.2, 0.25) is 0 Å². The normalized spacial score (nSPS) is 29.3. The number of aryl methyl sites for hydroxylation is 1. The Labute approximate surface area is 94.9 Å². The standard InChI is InChI=1S/C11H18N4O/c16-7-8-3-4-10-13-11(14-15(10)6-8)9-2-1-5-12-9/h8-9,12,16H,1-7H2. The van der Waals surface area contributed by atoms with Crippen molar-refractivity contribution in [2.75, 3.05) is 13.2 Å². The molecule has 1 saturated heterocycles. The first-order valence-electron chi connectivity index (χ1n) is 6.14. The Morgan fingerprint density at radius 1 is 1.44 bits per heavy atom. The Bertz CT molecular complexity index is 370. The second kappa shape index (κ2) is 4.14. The molecular weight excluding hydrogens is 204 g/mol. The molecule has 1 aromatic heterocycles. The summed E-state index contributed by atoms with van der Waals surface area (Å²) in [5, 5.41) is 17.1. The molecule has 0 aromatic carbocycles. The quantitative estimate of drug-likeness (QED) is 0.753. The first kappa shape index (κ1) is 10.2. The highest BCUT2D eigenvalue weighted by Gasteiger charge is 2.25. The summed E-state index contributed by atoms with van der Waals surface area (Å²) in [6, 6.07) is 0.352. The molecule has 0 amide bonds. The van der Waals surface area contributed by atoms with Gasteiger partial charge in [-0.1, -0.05) is 0 Å². The van der Waals surface area contributed by atoms with E-state index in [0.29, 0.717) is 12.0 Å². The summed E-state index contributed by atoms with van der Waals surface area (Å²) in [5.41, 5.74) is 0. The third kappa shape index (κ3) is 1.74. The molecule has 1 fully saturated rings. The van der Waals surface area contributed by atoms with Crippen LogP contribution in [0.4, 0.5) is 0 Å². The molecule has 5 heteroatoms.